The van der Waals surface area contributed by atoms with E-state index in [0.717, 1.165) is 23.3 Å². The minimum absolute atomic E-state index is 0.130. The third-order valence-corrected chi connectivity index (χ3v) is 6.62. The normalized spacial score (nSPS) is 12.8. The molecule has 6 nitrogen and oxygen atoms in total. The van der Waals surface area contributed by atoms with Gasteiger partial charge >= 0.3 is 6.09 Å². The predicted octanol–water partition coefficient (Wildman–Crippen LogP) is 5.62. The zero-order valence-electron chi connectivity index (χ0n) is 21.0. The molecule has 1 amide bonds. The van der Waals surface area contributed by atoms with Crippen molar-refractivity contribution >= 4 is 23.6 Å². The van der Waals surface area contributed by atoms with Crippen molar-refractivity contribution in [2.45, 2.75) is 51.1 Å². The molecule has 7 heteroatoms. The van der Waals surface area contributed by atoms with Crippen LogP contribution in [0.4, 0.5) is 4.79 Å². The number of ether oxygens (including phenoxy) is 1. The quantitative estimate of drug-likeness (QED) is 0.277. The molecule has 1 aromatic heterocycles. The van der Waals surface area contributed by atoms with Gasteiger partial charge in [-0.25, -0.2) is 4.79 Å². The summed E-state index contributed by atoms with van der Waals surface area (Å²) in [6.07, 6.45) is 2.55. The second-order valence-electron chi connectivity index (χ2n) is 9.22. The number of benzene rings is 2. The zero-order valence-corrected chi connectivity index (χ0v) is 21.8. The highest BCUT2D eigenvalue weighted by Crippen LogP contribution is 2.15. The first-order chi connectivity index (χ1) is 17.5. The molecule has 3 aromatic rings. The molecule has 0 saturated heterocycles. The summed E-state index contributed by atoms with van der Waals surface area (Å²) >= 11 is 1.54. The number of Topliss-reactive ketones (excluding diaryl/α,β-unsaturated/α-hetero) is 1. The number of thioether (sulfide) groups is 1. The molecule has 0 fully saturated rings. The van der Waals surface area contributed by atoms with Gasteiger partial charge in [0.25, 0.3) is 0 Å². The number of alkyl carbamates (subject to hydrolysis) is 1. The van der Waals surface area contributed by atoms with Crippen molar-refractivity contribution in [2.24, 2.45) is 5.92 Å². The fraction of sp³-hybridized carbons (Fsp3) is 0.379. The Morgan fingerprint density at radius 3 is 2.28 bits per heavy atom. The summed E-state index contributed by atoms with van der Waals surface area (Å²) < 4.78 is 10.8. The van der Waals surface area contributed by atoms with E-state index in [-0.39, 0.29) is 24.5 Å². The van der Waals surface area contributed by atoms with Crippen molar-refractivity contribution in [3.05, 3.63) is 95.9 Å². The molecule has 0 radical (unpaired) electrons. The Kier molecular flexibility index (Phi) is 11.6. The van der Waals surface area contributed by atoms with Gasteiger partial charge in [-0.3, -0.25) is 4.79 Å². The van der Waals surface area contributed by atoms with E-state index in [1.54, 1.807) is 18.0 Å². The Labute approximate surface area is 218 Å². The van der Waals surface area contributed by atoms with Gasteiger partial charge in [-0.05, 0) is 42.0 Å². The Morgan fingerprint density at radius 2 is 1.64 bits per heavy atom. The van der Waals surface area contributed by atoms with Crippen LogP contribution in [0.25, 0.3) is 0 Å². The molecule has 0 aliphatic rings. The second kappa shape index (κ2) is 15.2. The van der Waals surface area contributed by atoms with Gasteiger partial charge in [0, 0.05) is 12.6 Å². The standard InChI is InChI=1S/C29H36N2O4S/c1-22(2)16-25(31-29(33)35-19-24-12-7-4-8-13-24)18-30-27(17-23-10-5-3-6-11-23)28(32)21-36-20-26-14-9-15-34-26/h3-15,22,25,27,30H,16-21H2,1-2H3,(H,31,33)/t25-,27?/m0/s1. The highest BCUT2D eigenvalue weighted by Gasteiger charge is 2.22. The first-order valence-corrected chi connectivity index (χ1v) is 13.5. The average molecular weight is 509 g/mol. The number of carbonyl (C=O) groups is 2. The van der Waals surface area contributed by atoms with Crippen molar-refractivity contribution < 1.29 is 18.7 Å². The molecule has 2 N–H and O–H groups in total. The molecule has 36 heavy (non-hydrogen) atoms. The summed E-state index contributed by atoms with van der Waals surface area (Å²) in [4.78, 5) is 25.7. The van der Waals surface area contributed by atoms with Crippen LogP contribution in [-0.4, -0.2) is 36.3 Å². The van der Waals surface area contributed by atoms with Gasteiger partial charge in [-0.1, -0.05) is 74.5 Å². The van der Waals surface area contributed by atoms with Gasteiger partial charge in [0.2, 0.25) is 0 Å². The van der Waals surface area contributed by atoms with Crippen LogP contribution in [0.3, 0.4) is 0 Å². The number of rotatable bonds is 15. The molecule has 1 unspecified atom stereocenters. The molecule has 0 saturated carbocycles. The third kappa shape index (κ3) is 10.3. The summed E-state index contributed by atoms with van der Waals surface area (Å²) in [6.45, 7) is 4.92. The Morgan fingerprint density at radius 1 is 0.944 bits per heavy atom. The van der Waals surface area contributed by atoms with Crippen molar-refractivity contribution in [1.82, 2.24) is 10.6 Å². The maximum atomic E-state index is 13.2. The minimum Gasteiger partial charge on any atom is -0.468 e. The van der Waals surface area contributed by atoms with Crippen LogP contribution in [0, 0.1) is 5.92 Å². The van der Waals surface area contributed by atoms with E-state index >= 15 is 0 Å². The van der Waals surface area contributed by atoms with E-state index in [4.69, 9.17) is 9.15 Å². The van der Waals surface area contributed by atoms with Crippen LogP contribution in [0.5, 0.6) is 0 Å². The smallest absolute Gasteiger partial charge is 0.407 e. The Balaban J connectivity index is 1.56. The SMILES string of the molecule is CC(C)C[C@@H](CNC(Cc1ccccc1)C(=O)CSCc1ccco1)NC(=O)OCc1ccccc1. The molecule has 1 heterocycles. The summed E-state index contributed by atoms with van der Waals surface area (Å²) in [5, 5.41) is 6.43. The molecule has 3 rings (SSSR count). The number of nitrogens with one attached hydrogen (secondary N) is 2. The van der Waals surface area contributed by atoms with Gasteiger partial charge in [0.05, 0.1) is 23.8 Å². The molecule has 0 aliphatic heterocycles. The minimum atomic E-state index is -0.453. The zero-order chi connectivity index (χ0) is 25.6. The molecular weight excluding hydrogens is 472 g/mol. The van der Waals surface area contributed by atoms with E-state index in [0.29, 0.717) is 30.4 Å². The van der Waals surface area contributed by atoms with Crippen LogP contribution in [0.2, 0.25) is 0 Å². The maximum absolute atomic E-state index is 13.2. The first-order valence-electron chi connectivity index (χ1n) is 12.4. The third-order valence-electron chi connectivity index (χ3n) is 5.64. The Hall–Kier alpha value is -3.03. The van der Waals surface area contributed by atoms with Crippen molar-refractivity contribution in [3.63, 3.8) is 0 Å². The van der Waals surface area contributed by atoms with E-state index < -0.39 is 6.09 Å². The van der Waals surface area contributed by atoms with Crippen LogP contribution in [0.1, 0.15) is 37.2 Å². The van der Waals surface area contributed by atoms with E-state index in [1.807, 2.05) is 72.8 Å². The van der Waals surface area contributed by atoms with Crippen molar-refractivity contribution in [2.75, 3.05) is 12.3 Å². The lowest BCUT2D eigenvalue weighted by Crippen LogP contribution is -2.48. The molecule has 2 atom stereocenters. The van der Waals surface area contributed by atoms with Gasteiger partial charge in [-0.2, -0.15) is 0 Å². The van der Waals surface area contributed by atoms with Crippen molar-refractivity contribution in [1.29, 1.82) is 0 Å². The van der Waals surface area contributed by atoms with Gasteiger partial charge < -0.3 is 19.8 Å². The first kappa shape index (κ1) is 27.6. The van der Waals surface area contributed by atoms with Crippen LogP contribution < -0.4 is 10.6 Å². The largest absolute Gasteiger partial charge is 0.468 e. The lowest BCUT2D eigenvalue weighted by atomic mass is 10.0. The number of ketones is 1. The van der Waals surface area contributed by atoms with Crippen LogP contribution in [-0.2, 0) is 28.3 Å². The van der Waals surface area contributed by atoms with Crippen molar-refractivity contribution in [3.8, 4) is 0 Å². The highest BCUT2D eigenvalue weighted by molar-refractivity contribution is 7.99. The number of furan rings is 1. The topological polar surface area (TPSA) is 80.6 Å². The fourth-order valence-electron chi connectivity index (χ4n) is 3.88. The number of carbonyl (C=O) groups excluding carboxylic acids is 2. The highest BCUT2D eigenvalue weighted by atomic mass is 32.2. The second-order valence-corrected chi connectivity index (χ2v) is 10.2. The van der Waals surface area contributed by atoms with Gasteiger partial charge in [0.15, 0.2) is 5.78 Å². The molecule has 0 spiro atoms. The lowest BCUT2D eigenvalue weighted by Gasteiger charge is -2.24. The molecular formula is C29H36N2O4S. The van der Waals surface area contributed by atoms with Crippen LogP contribution in [0.15, 0.2) is 83.5 Å². The predicted molar refractivity (Wildman–Crippen MR) is 145 cm³/mol. The monoisotopic (exact) mass is 508 g/mol. The summed E-state index contributed by atoms with van der Waals surface area (Å²) in [5.74, 6) is 2.40. The maximum Gasteiger partial charge on any atom is 0.407 e. The van der Waals surface area contributed by atoms with Gasteiger partial charge in [0.1, 0.15) is 12.4 Å². The fourth-order valence-corrected chi connectivity index (χ4v) is 4.75. The lowest BCUT2D eigenvalue weighted by molar-refractivity contribution is -0.118. The van der Waals surface area contributed by atoms with Gasteiger partial charge in [-0.15, -0.1) is 11.8 Å². The molecule has 192 valence electrons. The summed E-state index contributed by atoms with van der Waals surface area (Å²) in [5.41, 5.74) is 2.03. The van der Waals surface area contributed by atoms with Crippen LogP contribution >= 0.6 is 11.8 Å². The Bertz CT molecular complexity index is 1030. The van der Waals surface area contributed by atoms with E-state index in [1.165, 1.54) is 0 Å². The molecule has 0 aliphatic carbocycles. The molecule has 2 aromatic carbocycles. The van der Waals surface area contributed by atoms with E-state index in [9.17, 15) is 9.59 Å². The number of amides is 1. The number of hydrogen-bond acceptors (Lipinski definition) is 6. The van der Waals surface area contributed by atoms with E-state index in [2.05, 4.69) is 24.5 Å². The summed E-state index contributed by atoms with van der Waals surface area (Å²) in [7, 11) is 0. The number of hydrogen-bond donors (Lipinski definition) is 2. The molecule has 0 bridgehead atoms. The average Bonchev–Trinajstić information content (AvgIpc) is 3.39. The summed E-state index contributed by atoms with van der Waals surface area (Å²) in [6, 6.07) is 22.8.